The van der Waals surface area contributed by atoms with Crippen molar-refractivity contribution in [1.82, 2.24) is 5.16 Å². The lowest BCUT2D eigenvalue weighted by atomic mass is 9.90. The molecule has 56 valence electrons. The second-order valence-electron chi connectivity index (χ2n) is 3.60. The summed E-state index contributed by atoms with van der Waals surface area (Å²) in [6.07, 6.45) is 1.68. The van der Waals surface area contributed by atoms with Gasteiger partial charge >= 0.3 is 0 Å². The highest BCUT2D eigenvalue weighted by molar-refractivity contribution is 5.19. The van der Waals surface area contributed by atoms with Gasteiger partial charge in [0.15, 0.2) is 0 Å². The highest BCUT2D eigenvalue weighted by atomic mass is 16.5. The first-order chi connectivity index (χ1) is 4.52. The summed E-state index contributed by atoms with van der Waals surface area (Å²) in [6, 6.07) is 0. The van der Waals surface area contributed by atoms with Gasteiger partial charge in [-0.05, 0) is 6.92 Å². The lowest BCUT2D eigenvalue weighted by Gasteiger charge is -2.14. The smallest absolute Gasteiger partial charge is 0.127 e. The molecular formula is C8H13NO. The normalized spacial score (nSPS) is 12.0. The van der Waals surface area contributed by atoms with Crippen LogP contribution >= 0.6 is 0 Å². The molecule has 2 heteroatoms. The van der Waals surface area contributed by atoms with Gasteiger partial charge in [0.2, 0.25) is 0 Å². The predicted octanol–water partition coefficient (Wildman–Crippen LogP) is 2.28. The van der Waals surface area contributed by atoms with Gasteiger partial charge in [-0.2, -0.15) is 0 Å². The van der Waals surface area contributed by atoms with Gasteiger partial charge in [0.05, 0.1) is 5.69 Å². The van der Waals surface area contributed by atoms with Crippen molar-refractivity contribution >= 4 is 0 Å². The molecule has 0 aliphatic carbocycles. The Kier molecular flexibility index (Phi) is 1.55. The van der Waals surface area contributed by atoms with Gasteiger partial charge in [0.25, 0.3) is 0 Å². The van der Waals surface area contributed by atoms with Crippen LogP contribution in [0.1, 0.15) is 32.0 Å². The van der Waals surface area contributed by atoms with Crippen LogP contribution in [0, 0.1) is 6.92 Å². The molecule has 0 saturated carbocycles. The Morgan fingerprint density at radius 3 is 2.20 bits per heavy atom. The van der Waals surface area contributed by atoms with Crippen LogP contribution in [0.2, 0.25) is 0 Å². The fourth-order valence-corrected chi connectivity index (χ4v) is 1.01. The Bertz CT molecular complexity index is 219. The molecule has 1 rings (SSSR count). The van der Waals surface area contributed by atoms with Gasteiger partial charge in [0.1, 0.15) is 6.26 Å². The van der Waals surface area contributed by atoms with Gasteiger partial charge in [-0.15, -0.1) is 0 Å². The van der Waals surface area contributed by atoms with E-state index in [9.17, 15) is 0 Å². The molecule has 1 aromatic heterocycles. The Morgan fingerprint density at radius 2 is 2.00 bits per heavy atom. The maximum absolute atomic E-state index is 4.82. The third-order valence-electron chi connectivity index (χ3n) is 1.46. The van der Waals surface area contributed by atoms with Crippen LogP contribution in [0.3, 0.4) is 0 Å². The lowest BCUT2D eigenvalue weighted by Crippen LogP contribution is -2.12. The van der Waals surface area contributed by atoms with E-state index in [1.165, 1.54) is 0 Å². The zero-order valence-electron chi connectivity index (χ0n) is 6.93. The number of rotatable bonds is 0. The summed E-state index contributed by atoms with van der Waals surface area (Å²) in [4.78, 5) is 0. The van der Waals surface area contributed by atoms with E-state index < -0.39 is 0 Å². The molecule has 0 amide bonds. The van der Waals surface area contributed by atoms with E-state index in [0.29, 0.717) is 0 Å². The van der Waals surface area contributed by atoms with Crippen molar-refractivity contribution in [3.05, 3.63) is 17.5 Å². The van der Waals surface area contributed by atoms with E-state index in [4.69, 9.17) is 4.52 Å². The average Bonchev–Trinajstić information content (AvgIpc) is 2.11. The number of aromatic nitrogens is 1. The molecule has 1 aromatic rings. The molecule has 0 unspecified atom stereocenters. The molecule has 0 aliphatic heterocycles. The molecule has 0 saturated heterocycles. The van der Waals surface area contributed by atoms with Crippen LogP contribution in [0.4, 0.5) is 0 Å². The minimum Gasteiger partial charge on any atom is -0.364 e. The quantitative estimate of drug-likeness (QED) is 0.551. The number of hydrogen-bond acceptors (Lipinski definition) is 2. The Hall–Kier alpha value is -0.790. The lowest BCUT2D eigenvalue weighted by molar-refractivity contribution is 0.393. The van der Waals surface area contributed by atoms with Crippen molar-refractivity contribution in [2.45, 2.75) is 33.1 Å². The van der Waals surface area contributed by atoms with E-state index >= 15 is 0 Å². The SMILES string of the molecule is Cc1conc1C(C)(C)C. The first-order valence-electron chi connectivity index (χ1n) is 3.43. The highest BCUT2D eigenvalue weighted by Crippen LogP contribution is 2.22. The van der Waals surface area contributed by atoms with Crippen molar-refractivity contribution in [2.75, 3.05) is 0 Å². The van der Waals surface area contributed by atoms with E-state index in [1.54, 1.807) is 6.26 Å². The molecule has 0 atom stereocenters. The zero-order chi connectivity index (χ0) is 7.78. The molecule has 2 nitrogen and oxygen atoms in total. The number of nitrogens with zero attached hydrogens (tertiary/aromatic N) is 1. The summed E-state index contributed by atoms with van der Waals surface area (Å²) < 4.78 is 4.82. The Labute approximate surface area is 61.2 Å². The van der Waals surface area contributed by atoms with Crippen LogP contribution in [0.25, 0.3) is 0 Å². The summed E-state index contributed by atoms with van der Waals surface area (Å²) in [5.74, 6) is 0. The van der Waals surface area contributed by atoms with Crippen LogP contribution in [-0.4, -0.2) is 5.16 Å². The Morgan fingerprint density at radius 1 is 1.40 bits per heavy atom. The molecule has 0 spiro atoms. The summed E-state index contributed by atoms with van der Waals surface area (Å²) in [6.45, 7) is 8.38. The van der Waals surface area contributed by atoms with Gasteiger partial charge in [-0.25, -0.2) is 0 Å². The van der Waals surface area contributed by atoms with Crippen LogP contribution in [0.15, 0.2) is 10.8 Å². The molecule has 0 radical (unpaired) electrons. The predicted molar refractivity (Wildman–Crippen MR) is 39.9 cm³/mol. The first-order valence-corrected chi connectivity index (χ1v) is 3.43. The maximum Gasteiger partial charge on any atom is 0.127 e. The van der Waals surface area contributed by atoms with Crippen LogP contribution < -0.4 is 0 Å². The largest absolute Gasteiger partial charge is 0.364 e. The first kappa shape index (κ1) is 7.32. The summed E-state index contributed by atoms with van der Waals surface area (Å²) in [7, 11) is 0. The third kappa shape index (κ3) is 1.20. The molecule has 0 N–H and O–H groups in total. The molecular weight excluding hydrogens is 126 g/mol. The standard InChI is InChI=1S/C8H13NO/c1-6-5-10-9-7(6)8(2,3)4/h5H,1-4H3. The van der Waals surface area contributed by atoms with Gasteiger partial charge in [-0.3, -0.25) is 0 Å². The van der Waals surface area contributed by atoms with Crippen molar-refractivity contribution < 1.29 is 4.52 Å². The van der Waals surface area contributed by atoms with E-state index in [0.717, 1.165) is 11.3 Å². The fraction of sp³-hybridized carbons (Fsp3) is 0.625. The van der Waals surface area contributed by atoms with Crippen molar-refractivity contribution in [3.8, 4) is 0 Å². The number of hydrogen-bond donors (Lipinski definition) is 0. The maximum atomic E-state index is 4.82. The van der Waals surface area contributed by atoms with Gasteiger partial charge in [-0.1, -0.05) is 25.9 Å². The fourth-order valence-electron chi connectivity index (χ4n) is 1.01. The molecule has 0 aliphatic rings. The summed E-state index contributed by atoms with van der Waals surface area (Å²) >= 11 is 0. The van der Waals surface area contributed by atoms with Crippen molar-refractivity contribution in [1.29, 1.82) is 0 Å². The molecule has 10 heavy (non-hydrogen) atoms. The molecule has 0 aromatic carbocycles. The average molecular weight is 139 g/mol. The Balaban J connectivity index is 3.05. The highest BCUT2D eigenvalue weighted by Gasteiger charge is 2.19. The minimum atomic E-state index is 0.108. The summed E-state index contributed by atoms with van der Waals surface area (Å²) in [5, 5.41) is 3.91. The van der Waals surface area contributed by atoms with Crippen LogP contribution in [0.5, 0.6) is 0 Å². The molecule has 0 bridgehead atoms. The monoisotopic (exact) mass is 139 g/mol. The second kappa shape index (κ2) is 2.11. The van der Waals surface area contributed by atoms with E-state index in [1.807, 2.05) is 6.92 Å². The zero-order valence-corrected chi connectivity index (χ0v) is 6.93. The minimum absolute atomic E-state index is 0.108. The van der Waals surface area contributed by atoms with E-state index in [2.05, 4.69) is 25.9 Å². The van der Waals surface area contributed by atoms with Gasteiger partial charge in [0, 0.05) is 11.0 Å². The van der Waals surface area contributed by atoms with E-state index in [-0.39, 0.29) is 5.41 Å². The number of aryl methyl sites for hydroxylation is 1. The van der Waals surface area contributed by atoms with Crippen molar-refractivity contribution in [3.63, 3.8) is 0 Å². The molecule has 1 heterocycles. The summed E-state index contributed by atoms with van der Waals surface area (Å²) in [5.41, 5.74) is 2.29. The topological polar surface area (TPSA) is 26.0 Å². The third-order valence-corrected chi connectivity index (χ3v) is 1.46. The van der Waals surface area contributed by atoms with Gasteiger partial charge < -0.3 is 4.52 Å². The molecule has 0 fully saturated rings. The van der Waals surface area contributed by atoms with Crippen molar-refractivity contribution in [2.24, 2.45) is 0 Å². The van der Waals surface area contributed by atoms with Crippen LogP contribution in [-0.2, 0) is 5.41 Å². The second-order valence-corrected chi connectivity index (χ2v) is 3.60.